The van der Waals surface area contributed by atoms with Crippen molar-refractivity contribution in [2.45, 2.75) is 25.8 Å². The third-order valence-electron chi connectivity index (χ3n) is 4.13. The molecule has 1 aromatic carbocycles. The molecule has 2 heterocycles. The Hall–Kier alpha value is -2.05. The Labute approximate surface area is 145 Å². The molecule has 0 spiro atoms. The van der Waals surface area contributed by atoms with Crippen molar-refractivity contribution in [2.75, 3.05) is 25.0 Å². The summed E-state index contributed by atoms with van der Waals surface area (Å²) in [6, 6.07) is 6.88. The van der Waals surface area contributed by atoms with Crippen molar-refractivity contribution in [3.63, 3.8) is 0 Å². The van der Waals surface area contributed by atoms with Crippen LogP contribution >= 0.6 is 11.6 Å². The average Bonchev–Trinajstić information content (AvgIpc) is 3.17. The molecule has 3 rings (SSSR count). The Morgan fingerprint density at radius 1 is 1.38 bits per heavy atom. The standard InChI is InChI=1S/C17H20ClN3O3/c1-11(10-21-8-2-3-9-21)19-16-14(17(22)23)15(24-20-16)12-4-6-13(18)7-5-12/h4-7,11H,2-3,8-10H2,1H3,(H,19,20)(H,22,23). The van der Waals surface area contributed by atoms with Gasteiger partial charge in [-0.25, -0.2) is 4.79 Å². The summed E-state index contributed by atoms with van der Waals surface area (Å²) in [6.07, 6.45) is 2.44. The second-order valence-electron chi connectivity index (χ2n) is 6.10. The Bertz CT molecular complexity index is 708. The van der Waals surface area contributed by atoms with Crippen LogP contribution < -0.4 is 5.32 Å². The number of benzene rings is 1. The van der Waals surface area contributed by atoms with E-state index in [-0.39, 0.29) is 23.2 Å². The molecule has 0 amide bonds. The molecule has 1 aliphatic heterocycles. The van der Waals surface area contributed by atoms with Crippen molar-refractivity contribution < 1.29 is 14.4 Å². The maximum Gasteiger partial charge on any atom is 0.343 e. The first-order chi connectivity index (χ1) is 11.5. The van der Waals surface area contributed by atoms with Gasteiger partial charge in [0.15, 0.2) is 17.1 Å². The van der Waals surface area contributed by atoms with E-state index in [1.807, 2.05) is 6.92 Å². The minimum Gasteiger partial charge on any atom is -0.477 e. The van der Waals surface area contributed by atoms with E-state index in [4.69, 9.17) is 16.1 Å². The van der Waals surface area contributed by atoms with Gasteiger partial charge in [0.1, 0.15) is 0 Å². The van der Waals surface area contributed by atoms with Gasteiger partial charge in [-0.15, -0.1) is 0 Å². The van der Waals surface area contributed by atoms with Crippen molar-refractivity contribution in [2.24, 2.45) is 0 Å². The average molecular weight is 350 g/mol. The third-order valence-corrected chi connectivity index (χ3v) is 4.38. The van der Waals surface area contributed by atoms with Crippen LogP contribution in [-0.2, 0) is 0 Å². The molecule has 6 nitrogen and oxygen atoms in total. The lowest BCUT2D eigenvalue weighted by Gasteiger charge is -2.21. The summed E-state index contributed by atoms with van der Waals surface area (Å²) in [6.45, 7) is 5.04. The fourth-order valence-electron chi connectivity index (χ4n) is 3.02. The van der Waals surface area contributed by atoms with Crippen LogP contribution in [-0.4, -0.2) is 46.8 Å². The normalized spacial score (nSPS) is 16.2. The highest BCUT2D eigenvalue weighted by molar-refractivity contribution is 6.30. The van der Waals surface area contributed by atoms with Crippen LogP contribution in [0.25, 0.3) is 11.3 Å². The molecule has 1 fully saturated rings. The lowest BCUT2D eigenvalue weighted by molar-refractivity contribution is 0.0698. The second kappa shape index (κ2) is 7.23. The van der Waals surface area contributed by atoms with Crippen LogP contribution in [0.4, 0.5) is 5.82 Å². The molecule has 7 heteroatoms. The van der Waals surface area contributed by atoms with Gasteiger partial charge in [-0.1, -0.05) is 16.8 Å². The van der Waals surface area contributed by atoms with Crippen LogP contribution in [0.3, 0.4) is 0 Å². The Morgan fingerprint density at radius 3 is 2.67 bits per heavy atom. The summed E-state index contributed by atoms with van der Waals surface area (Å²) in [5, 5.41) is 17.2. The molecule has 128 valence electrons. The van der Waals surface area contributed by atoms with Gasteiger partial charge in [0.25, 0.3) is 0 Å². The number of nitrogens with zero attached hydrogens (tertiary/aromatic N) is 2. The van der Waals surface area contributed by atoms with Gasteiger partial charge in [-0.3, -0.25) is 0 Å². The van der Waals surface area contributed by atoms with Crippen LogP contribution in [0.15, 0.2) is 28.8 Å². The van der Waals surface area contributed by atoms with Crippen LogP contribution in [0, 0.1) is 0 Å². The zero-order chi connectivity index (χ0) is 17.1. The minimum atomic E-state index is -1.07. The molecule has 2 N–H and O–H groups in total. The number of aromatic carboxylic acids is 1. The highest BCUT2D eigenvalue weighted by Crippen LogP contribution is 2.30. The predicted molar refractivity (Wildman–Crippen MR) is 92.7 cm³/mol. The third kappa shape index (κ3) is 3.71. The molecular formula is C17H20ClN3O3. The first-order valence-corrected chi connectivity index (χ1v) is 8.40. The molecule has 0 aliphatic carbocycles. The number of hydrogen-bond donors (Lipinski definition) is 2. The van der Waals surface area contributed by atoms with E-state index in [1.54, 1.807) is 24.3 Å². The van der Waals surface area contributed by atoms with E-state index in [0.29, 0.717) is 10.6 Å². The van der Waals surface area contributed by atoms with E-state index in [0.717, 1.165) is 19.6 Å². The quantitative estimate of drug-likeness (QED) is 0.829. The zero-order valence-corrected chi connectivity index (χ0v) is 14.2. The Balaban J connectivity index is 1.80. The van der Waals surface area contributed by atoms with E-state index in [1.165, 1.54) is 12.8 Å². The number of halogens is 1. The monoisotopic (exact) mass is 349 g/mol. The molecule has 1 aliphatic rings. The fraction of sp³-hybridized carbons (Fsp3) is 0.412. The first kappa shape index (κ1) is 16.8. The number of anilines is 1. The number of carboxylic acid groups (broad SMARTS) is 1. The lowest BCUT2D eigenvalue weighted by atomic mass is 10.1. The lowest BCUT2D eigenvalue weighted by Crippen LogP contribution is -2.33. The van der Waals surface area contributed by atoms with Crippen molar-refractivity contribution in [1.29, 1.82) is 0 Å². The van der Waals surface area contributed by atoms with E-state index < -0.39 is 5.97 Å². The van der Waals surface area contributed by atoms with E-state index in [9.17, 15) is 9.90 Å². The highest BCUT2D eigenvalue weighted by Gasteiger charge is 2.25. The van der Waals surface area contributed by atoms with Gasteiger partial charge in [0, 0.05) is 23.2 Å². The van der Waals surface area contributed by atoms with Gasteiger partial charge in [0.05, 0.1) is 0 Å². The fourth-order valence-corrected chi connectivity index (χ4v) is 3.14. The van der Waals surface area contributed by atoms with Gasteiger partial charge in [-0.05, 0) is 57.1 Å². The van der Waals surface area contributed by atoms with Gasteiger partial charge >= 0.3 is 5.97 Å². The number of nitrogens with one attached hydrogen (secondary N) is 1. The molecule has 24 heavy (non-hydrogen) atoms. The molecule has 1 aromatic heterocycles. The Morgan fingerprint density at radius 2 is 2.04 bits per heavy atom. The maximum absolute atomic E-state index is 11.7. The van der Waals surface area contributed by atoms with Gasteiger partial charge < -0.3 is 19.8 Å². The number of likely N-dealkylation sites (tertiary alicyclic amines) is 1. The molecule has 1 unspecified atom stereocenters. The summed E-state index contributed by atoms with van der Waals surface area (Å²) in [5.74, 6) is -0.578. The second-order valence-corrected chi connectivity index (χ2v) is 6.54. The topological polar surface area (TPSA) is 78.6 Å². The SMILES string of the molecule is CC(CN1CCCC1)Nc1noc(-c2ccc(Cl)cc2)c1C(=O)O. The van der Waals surface area contributed by atoms with Crippen LogP contribution in [0.5, 0.6) is 0 Å². The smallest absolute Gasteiger partial charge is 0.343 e. The summed E-state index contributed by atoms with van der Waals surface area (Å²) >= 11 is 5.88. The number of carbonyl (C=O) groups is 1. The molecule has 0 radical (unpaired) electrons. The van der Waals surface area contributed by atoms with Crippen LogP contribution in [0.1, 0.15) is 30.1 Å². The van der Waals surface area contributed by atoms with Gasteiger partial charge in [-0.2, -0.15) is 0 Å². The molecule has 2 aromatic rings. The van der Waals surface area contributed by atoms with Gasteiger partial charge in [0.2, 0.25) is 0 Å². The van der Waals surface area contributed by atoms with Crippen molar-refractivity contribution in [1.82, 2.24) is 10.1 Å². The summed E-state index contributed by atoms with van der Waals surface area (Å²) < 4.78 is 5.30. The van der Waals surface area contributed by atoms with Crippen molar-refractivity contribution in [3.05, 3.63) is 34.9 Å². The first-order valence-electron chi connectivity index (χ1n) is 8.02. The maximum atomic E-state index is 11.7. The van der Waals surface area contributed by atoms with E-state index >= 15 is 0 Å². The summed E-state index contributed by atoms with van der Waals surface area (Å²) in [4.78, 5) is 14.1. The number of aromatic nitrogens is 1. The zero-order valence-electron chi connectivity index (χ0n) is 13.5. The number of hydrogen-bond acceptors (Lipinski definition) is 5. The Kier molecular flexibility index (Phi) is 5.06. The predicted octanol–water partition coefficient (Wildman–Crippen LogP) is 3.59. The molecule has 1 atom stereocenters. The summed E-state index contributed by atoms with van der Waals surface area (Å²) in [5.41, 5.74) is 0.676. The molecule has 1 saturated heterocycles. The highest BCUT2D eigenvalue weighted by atomic mass is 35.5. The largest absolute Gasteiger partial charge is 0.477 e. The van der Waals surface area contributed by atoms with Crippen molar-refractivity contribution >= 4 is 23.4 Å². The minimum absolute atomic E-state index is 0.0468. The molecular weight excluding hydrogens is 330 g/mol. The van der Waals surface area contributed by atoms with Crippen LogP contribution in [0.2, 0.25) is 5.02 Å². The number of rotatable bonds is 6. The number of carboxylic acids is 1. The molecule has 0 bridgehead atoms. The molecule has 0 saturated carbocycles. The van der Waals surface area contributed by atoms with Crippen molar-refractivity contribution in [3.8, 4) is 11.3 Å². The summed E-state index contributed by atoms with van der Waals surface area (Å²) in [7, 11) is 0. The van der Waals surface area contributed by atoms with E-state index in [2.05, 4.69) is 15.4 Å².